The Bertz CT molecular complexity index is 490. The minimum atomic E-state index is 0.160. The summed E-state index contributed by atoms with van der Waals surface area (Å²) in [5.74, 6) is 1.07. The van der Waals surface area contributed by atoms with E-state index in [1.165, 1.54) is 0 Å². The molecule has 0 atom stereocenters. The normalized spacial score (nSPS) is 22.6. The van der Waals surface area contributed by atoms with E-state index in [0.717, 1.165) is 31.4 Å². The van der Waals surface area contributed by atoms with E-state index >= 15 is 0 Å². The topological polar surface area (TPSA) is 36.4 Å². The van der Waals surface area contributed by atoms with Gasteiger partial charge in [-0.15, -0.1) is 0 Å². The molecule has 1 aliphatic carbocycles. The number of anilines is 1. The van der Waals surface area contributed by atoms with E-state index < -0.39 is 0 Å². The van der Waals surface area contributed by atoms with Gasteiger partial charge < -0.3 is 9.80 Å². The Hall–Kier alpha value is -1.42. The Morgan fingerprint density at radius 3 is 2.14 bits per heavy atom. The van der Waals surface area contributed by atoms with Gasteiger partial charge in [0.2, 0.25) is 5.91 Å². The molecule has 4 nitrogen and oxygen atoms in total. The fourth-order valence-electron chi connectivity index (χ4n) is 3.38. The highest BCUT2D eigenvalue weighted by Gasteiger charge is 2.37. The van der Waals surface area contributed by atoms with Crippen LogP contribution in [0.1, 0.15) is 39.5 Å². The molecule has 0 unspecified atom stereocenters. The molecule has 2 rings (SSSR count). The summed E-state index contributed by atoms with van der Waals surface area (Å²) in [4.78, 5) is 20.8. The lowest BCUT2D eigenvalue weighted by Gasteiger charge is -2.43. The third-order valence-corrected chi connectivity index (χ3v) is 5.61. The summed E-state index contributed by atoms with van der Waals surface area (Å²) in [5.41, 5.74) is 1.13. The van der Waals surface area contributed by atoms with E-state index in [1.54, 1.807) is 17.3 Å². The van der Waals surface area contributed by atoms with Crippen LogP contribution in [0, 0.1) is 11.8 Å². The summed E-state index contributed by atoms with van der Waals surface area (Å²) in [6, 6.07) is 3.78. The lowest BCUT2D eigenvalue weighted by atomic mass is 9.72. The second-order valence-corrected chi connectivity index (χ2v) is 7.20. The van der Waals surface area contributed by atoms with Crippen LogP contribution < -0.4 is 4.90 Å². The second-order valence-electron chi connectivity index (χ2n) is 7.20. The van der Waals surface area contributed by atoms with Crippen LogP contribution >= 0.6 is 0 Å². The molecule has 1 fully saturated rings. The molecule has 22 heavy (non-hydrogen) atoms. The first kappa shape index (κ1) is 16.9. The van der Waals surface area contributed by atoms with Gasteiger partial charge in [-0.3, -0.25) is 9.78 Å². The zero-order chi connectivity index (χ0) is 16.3. The predicted molar refractivity (Wildman–Crippen MR) is 90.9 cm³/mol. The van der Waals surface area contributed by atoms with Crippen molar-refractivity contribution in [1.29, 1.82) is 0 Å². The minimum absolute atomic E-state index is 0.160. The summed E-state index contributed by atoms with van der Waals surface area (Å²) in [7, 11) is 6.16. The molecule has 1 aromatic heterocycles. The summed E-state index contributed by atoms with van der Waals surface area (Å²) < 4.78 is 0. The molecule has 0 aromatic carbocycles. The van der Waals surface area contributed by atoms with Gasteiger partial charge in [-0.25, -0.2) is 0 Å². The Balaban J connectivity index is 1.96. The third kappa shape index (κ3) is 3.49. The van der Waals surface area contributed by atoms with Gasteiger partial charge in [-0.05, 0) is 71.7 Å². The number of carbonyl (C=O) groups excluding carboxylic acids is 1. The van der Waals surface area contributed by atoms with Crippen molar-refractivity contribution in [2.45, 2.75) is 45.1 Å². The Kier molecular flexibility index (Phi) is 5.22. The van der Waals surface area contributed by atoms with Gasteiger partial charge in [0, 0.05) is 36.6 Å². The molecule has 1 heterocycles. The Morgan fingerprint density at radius 1 is 1.09 bits per heavy atom. The molecule has 122 valence electrons. The highest BCUT2D eigenvalue weighted by Crippen LogP contribution is 2.38. The van der Waals surface area contributed by atoms with Crippen LogP contribution in [0.25, 0.3) is 0 Å². The molecule has 0 N–H and O–H groups in total. The van der Waals surface area contributed by atoms with E-state index in [2.05, 4.69) is 37.8 Å². The van der Waals surface area contributed by atoms with Gasteiger partial charge in [-0.2, -0.15) is 0 Å². The summed E-state index contributed by atoms with van der Waals surface area (Å²) >= 11 is 0. The first-order valence-electron chi connectivity index (χ1n) is 8.19. The van der Waals surface area contributed by atoms with Gasteiger partial charge in [0.1, 0.15) is 0 Å². The monoisotopic (exact) mass is 303 g/mol. The quantitative estimate of drug-likeness (QED) is 0.857. The average molecular weight is 303 g/mol. The highest BCUT2D eigenvalue weighted by molar-refractivity contribution is 5.94. The predicted octanol–water partition coefficient (Wildman–Crippen LogP) is 3.19. The maximum Gasteiger partial charge on any atom is 0.229 e. The van der Waals surface area contributed by atoms with E-state index in [9.17, 15) is 4.79 Å². The average Bonchev–Trinajstić information content (AvgIpc) is 2.54. The number of carbonyl (C=O) groups is 1. The largest absolute Gasteiger partial charge is 0.315 e. The molecule has 0 aliphatic heterocycles. The smallest absolute Gasteiger partial charge is 0.229 e. The summed E-state index contributed by atoms with van der Waals surface area (Å²) in [5, 5.41) is 0. The molecule has 1 amide bonds. The van der Waals surface area contributed by atoms with Crippen LogP contribution in [0.4, 0.5) is 5.69 Å². The summed E-state index contributed by atoms with van der Waals surface area (Å²) in [6.07, 6.45) is 7.72. The molecule has 0 spiro atoms. The van der Waals surface area contributed by atoms with Crippen LogP contribution in [0.2, 0.25) is 0 Å². The van der Waals surface area contributed by atoms with Gasteiger partial charge in [-0.1, -0.05) is 0 Å². The van der Waals surface area contributed by atoms with Crippen LogP contribution in [-0.2, 0) is 4.79 Å². The van der Waals surface area contributed by atoms with Crippen molar-refractivity contribution in [3.63, 3.8) is 0 Å². The molecule has 1 saturated carbocycles. The fraction of sp³-hybridized carbons (Fsp3) is 0.667. The van der Waals surface area contributed by atoms with E-state index in [1.807, 2.05) is 19.2 Å². The first-order chi connectivity index (χ1) is 10.3. The Morgan fingerprint density at radius 2 is 1.64 bits per heavy atom. The highest BCUT2D eigenvalue weighted by atomic mass is 16.2. The number of nitrogens with zero attached hydrogens (tertiary/aromatic N) is 3. The number of rotatable bonds is 4. The minimum Gasteiger partial charge on any atom is -0.315 e. The maximum atomic E-state index is 12.7. The lowest BCUT2D eigenvalue weighted by Crippen LogP contribution is -2.47. The van der Waals surface area contributed by atoms with Crippen LogP contribution in [0.15, 0.2) is 24.5 Å². The van der Waals surface area contributed by atoms with Crippen molar-refractivity contribution in [2.75, 3.05) is 26.0 Å². The van der Waals surface area contributed by atoms with Crippen LogP contribution in [0.3, 0.4) is 0 Å². The van der Waals surface area contributed by atoms with Crippen molar-refractivity contribution < 1.29 is 4.79 Å². The zero-order valence-electron chi connectivity index (χ0n) is 14.5. The molecule has 0 bridgehead atoms. The maximum absolute atomic E-state index is 12.7. The van der Waals surface area contributed by atoms with E-state index in [-0.39, 0.29) is 17.4 Å². The zero-order valence-corrected chi connectivity index (χ0v) is 14.5. The molecule has 0 saturated heterocycles. The summed E-state index contributed by atoms with van der Waals surface area (Å²) in [6.45, 7) is 4.62. The van der Waals surface area contributed by atoms with Crippen molar-refractivity contribution in [1.82, 2.24) is 9.88 Å². The number of pyridine rings is 1. The van der Waals surface area contributed by atoms with E-state index in [0.29, 0.717) is 5.92 Å². The number of hydrogen-bond donors (Lipinski definition) is 0. The van der Waals surface area contributed by atoms with Gasteiger partial charge in [0.05, 0.1) is 0 Å². The number of amides is 1. The van der Waals surface area contributed by atoms with Gasteiger partial charge >= 0.3 is 0 Å². The third-order valence-electron chi connectivity index (χ3n) is 5.61. The van der Waals surface area contributed by atoms with Crippen molar-refractivity contribution in [3.05, 3.63) is 24.5 Å². The number of aromatic nitrogens is 1. The van der Waals surface area contributed by atoms with Crippen LogP contribution in [-0.4, -0.2) is 42.5 Å². The first-order valence-corrected chi connectivity index (χ1v) is 8.19. The lowest BCUT2D eigenvalue weighted by molar-refractivity contribution is -0.123. The van der Waals surface area contributed by atoms with Crippen molar-refractivity contribution in [2.24, 2.45) is 11.8 Å². The van der Waals surface area contributed by atoms with Crippen LogP contribution in [0.5, 0.6) is 0 Å². The molecule has 1 aliphatic rings. The molecule has 4 heteroatoms. The SMILES string of the molecule is CN(C(=O)C1CCC(C(C)(C)N(C)C)CC1)c1ccncc1. The molecular weight excluding hydrogens is 274 g/mol. The molecule has 0 radical (unpaired) electrons. The van der Waals surface area contributed by atoms with E-state index in [4.69, 9.17) is 0 Å². The molecular formula is C18H29N3O. The van der Waals surface area contributed by atoms with Crippen molar-refractivity contribution in [3.8, 4) is 0 Å². The van der Waals surface area contributed by atoms with Gasteiger partial charge in [0.25, 0.3) is 0 Å². The van der Waals surface area contributed by atoms with Gasteiger partial charge in [0.15, 0.2) is 0 Å². The second kappa shape index (κ2) is 6.78. The standard InChI is InChI=1S/C18H29N3O/c1-18(2,20(3)4)15-8-6-14(7-9-15)17(22)21(5)16-10-12-19-13-11-16/h10-15H,6-9H2,1-5H3. The fourth-order valence-corrected chi connectivity index (χ4v) is 3.38. The van der Waals surface area contributed by atoms with Crippen molar-refractivity contribution >= 4 is 11.6 Å². The Labute approximate surface area is 134 Å². The molecule has 1 aromatic rings. The number of hydrogen-bond acceptors (Lipinski definition) is 3.